The second-order valence-electron chi connectivity index (χ2n) is 8.02. The molecule has 1 aromatic rings. The summed E-state index contributed by atoms with van der Waals surface area (Å²) in [6.07, 6.45) is 6.28. The molecule has 3 aliphatic carbocycles. The predicted octanol–water partition coefficient (Wildman–Crippen LogP) is 1.61. The summed E-state index contributed by atoms with van der Waals surface area (Å²) in [5, 5.41) is 21.1. The van der Waals surface area contributed by atoms with E-state index in [1.807, 2.05) is 12.2 Å². The van der Waals surface area contributed by atoms with Crippen LogP contribution >= 0.6 is 0 Å². The Labute approximate surface area is 141 Å². The van der Waals surface area contributed by atoms with Gasteiger partial charge in [0.25, 0.3) is 0 Å². The Kier molecular flexibility index (Phi) is 2.29. The number of aliphatic hydroxyl groups excluding tert-OH is 1. The number of rotatable bonds is 2. The van der Waals surface area contributed by atoms with Crippen LogP contribution in [0.1, 0.15) is 11.1 Å². The van der Waals surface area contributed by atoms with Crippen molar-refractivity contribution in [1.82, 2.24) is 4.90 Å². The number of fused-ring (bicyclic) bond motifs is 1. The van der Waals surface area contributed by atoms with Crippen LogP contribution in [0.4, 0.5) is 0 Å². The fraction of sp³-hybridized carbons (Fsp3) is 0.500. The Morgan fingerprint density at radius 2 is 2.25 bits per heavy atom. The van der Waals surface area contributed by atoms with Crippen LogP contribution in [0.25, 0.3) is 0 Å². The summed E-state index contributed by atoms with van der Waals surface area (Å²) in [6.45, 7) is 5.86. The average molecular weight is 323 g/mol. The largest absolute Gasteiger partial charge is 0.504 e. The molecule has 2 N–H and O–H groups in total. The van der Waals surface area contributed by atoms with Crippen LogP contribution in [0.2, 0.25) is 0 Å². The third kappa shape index (κ3) is 1.19. The molecule has 0 amide bonds. The van der Waals surface area contributed by atoms with Gasteiger partial charge in [0.1, 0.15) is 12.2 Å². The van der Waals surface area contributed by atoms with Crippen molar-refractivity contribution in [2.75, 3.05) is 13.1 Å². The van der Waals surface area contributed by atoms with Crippen molar-refractivity contribution < 1.29 is 14.9 Å². The number of phenolic OH excluding ortho intramolecular Hbond substituents is 1. The maximum absolute atomic E-state index is 10.7. The molecule has 7 rings (SSSR count). The van der Waals surface area contributed by atoms with Gasteiger partial charge in [-0.15, -0.1) is 6.58 Å². The molecule has 2 saturated heterocycles. The molecule has 7 atom stereocenters. The van der Waals surface area contributed by atoms with Crippen LogP contribution in [0.15, 0.2) is 36.9 Å². The van der Waals surface area contributed by atoms with Gasteiger partial charge in [-0.1, -0.05) is 24.3 Å². The van der Waals surface area contributed by atoms with Crippen LogP contribution in [-0.2, 0) is 11.8 Å². The van der Waals surface area contributed by atoms with Crippen LogP contribution in [0, 0.1) is 17.8 Å². The van der Waals surface area contributed by atoms with Crippen molar-refractivity contribution >= 4 is 0 Å². The van der Waals surface area contributed by atoms with E-state index in [9.17, 15) is 10.2 Å². The molecule has 7 unspecified atom stereocenters. The highest BCUT2D eigenvalue weighted by molar-refractivity contribution is 5.63. The Balaban J connectivity index is 1.63. The standard InChI is InChI=1S/C20H21NO3/c1-2-7-21-9-12-11-4-6-15(23)19-20(12)16-10(8-13(21)17(11)20)3-5-14(22)18(16)24-19/h2-6,11-13,15,17,19,22-23H,1,7-9H2. The monoisotopic (exact) mass is 323 g/mol. The van der Waals surface area contributed by atoms with Crippen LogP contribution in [0.5, 0.6) is 11.5 Å². The first-order valence-electron chi connectivity index (χ1n) is 8.91. The molecule has 0 aromatic heterocycles. The van der Waals surface area contributed by atoms with E-state index in [-0.39, 0.29) is 17.3 Å². The second-order valence-corrected chi connectivity index (χ2v) is 8.02. The van der Waals surface area contributed by atoms with E-state index in [1.165, 1.54) is 11.1 Å². The molecule has 3 heterocycles. The molecule has 1 aromatic carbocycles. The van der Waals surface area contributed by atoms with E-state index >= 15 is 0 Å². The molecule has 6 aliphatic rings. The maximum Gasteiger partial charge on any atom is 0.165 e. The topological polar surface area (TPSA) is 52.9 Å². The van der Waals surface area contributed by atoms with Gasteiger partial charge in [-0.05, 0) is 35.8 Å². The number of aliphatic hydroxyl groups is 1. The lowest BCUT2D eigenvalue weighted by Gasteiger charge is -2.71. The first kappa shape index (κ1) is 13.5. The summed E-state index contributed by atoms with van der Waals surface area (Å²) in [5.41, 5.74) is 2.37. The van der Waals surface area contributed by atoms with E-state index in [0.29, 0.717) is 29.5 Å². The van der Waals surface area contributed by atoms with Crippen molar-refractivity contribution in [3.05, 3.63) is 48.1 Å². The third-order valence-electron chi connectivity index (χ3n) is 7.36. The fourth-order valence-electron chi connectivity index (χ4n) is 6.78. The van der Waals surface area contributed by atoms with Crippen molar-refractivity contribution in [1.29, 1.82) is 0 Å². The quantitative estimate of drug-likeness (QED) is 0.812. The third-order valence-corrected chi connectivity index (χ3v) is 7.36. The molecule has 5 bridgehead atoms. The van der Waals surface area contributed by atoms with Crippen molar-refractivity contribution in [2.45, 2.75) is 30.1 Å². The molecular weight excluding hydrogens is 302 g/mol. The molecular formula is C20H21NO3. The maximum atomic E-state index is 10.7. The number of ether oxygens (including phenoxy) is 1. The normalized spacial score (nSPS) is 46.0. The van der Waals surface area contributed by atoms with Crippen molar-refractivity contribution in [3.8, 4) is 11.5 Å². The Morgan fingerprint density at radius 1 is 1.38 bits per heavy atom. The molecule has 124 valence electrons. The summed E-state index contributed by atoms with van der Waals surface area (Å²) < 4.78 is 6.22. The lowest BCUT2D eigenvalue weighted by molar-refractivity contribution is -0.187. The molecule has 0 radical (unpaired) electrons. The van der Waals surface area contributed by atoms with Gasteiger partial charge in [0.05, 0.1) is 0 Å². The lowest BCUT2D eigenvalue weighted by atomic mass is 9.37. The summed E-state index contributed by atoms with van der Waals surface area (Å²) in [7, 11) is 0. The molecule has 3 fully saturated rings. The highest BCUT2D eigenvalue weighted by atomic mass is 16.5. The van der Waals surface area contributed by atoms with E-state index in [0.717, 1.165) is 19.5 Å². The number of hydrogen-bond acceptors (Lipinski definition) is 4. The molecule has 3 aliphatic heterocycles. The van der Waals surface area contributed by atoms with Crippen LogP contribution in [-0.4, -0.2) is 46.5 Å². The van der Waals surface area contributed by atoms with E-state index in [1.54, 1.807) is 6.07 Å². The first-order chi connectivity index (χ1) is 11.7. The van der Waals surface area contributed by atoms with Crippen molar-refractivity contribution in [3.63, 3.8) is 0 Å². The zero-order valence-electron chi connectivity index (χ0n) is 13.4. The average Bonchev–Trinajstić information content (AvgIpc) is 2.84. The minimum absolute atomic E-state index is 0.127. The summed E-state index contributed by atoms with van der Waals surface area (Å²) in [6, 6.07) is 4.27. The van der Waals surface area contributed by atoms with Gasteiger partial charge < -0.3 is 14.9 Å². The van der Waals surface area contributed by atoms with E-state index in [4.69, 9.17) is 4.74 Å². The Morgan fingerprint density at radius 3 is 3.08 bits per heavy atom. The van der Waals surface area contributed by atoms with E-state index < -0.39 is 6.10 Å². The Hall–Kier alpha value is -1.78. The molecule has 24 heavy (non-hydrogen) atoms. The zero-order valence-corrected chi connectivity index (χ0v) is 13.4. The molecule has 4 heteroatoms. The summed E-state index contributed by atoms with van der Waals surface area (Å²) in [5.74, 6) is 2.27. The van der Waals surface area contributed by atoms with E-state index in [2.05, 4.69) is 23.6 Å². The van der Waals surface area contributed by atoms with Gasteiger partial charge in [-0.25, -0.2) is 0 Å². The number of hydrogen-bond donors (Lipinski definition) is 2. The van der Waals surface area contributed by atoms with Gasteiger partial charge in [0.2, 0.25) is 0 Å². The van der Waals surface area contributed by atoms with Crippen LogP contribution in [0.3, 0.4) is 0 Å². The highest BCUT2D eigenvalue weighted by Crippen LogP contribution is 2.73. The van der Waals surface area contributed by atoms with Gasteiger partial charge in [-0.2, -0.15) is 0 Å². The molecule has 1 saturated carbocycles. The van der Waals surface area contributed by atoms with Gasteiger partial charge in [0, 0.05) is 30.1 Å². The fourth-order valence-corrected chi connectivity index (χ4v) is 6.78. The summed E-state index contributed by atoms with van der Waals surface area (Å²) >= 11 is 0. The number of benzene rings is 1. The second kappa shape index (κ2) is 4.06. The van der Waals surface area contributed by atoms with Gasteiger partial charge in [-0.3, -0.25) is 4.90 Å². The molecule has 4 nitrogen and oxygen atoms in total. The minimum atomic E-state index is -0.605. The lowest BCUT2D eigenvalue weighted by Crippen LogP contribution is -2.78. The molecule has 1 spiro atoms. The number of piperidine rings is 2. The minimum Gasteiger partial charge on any atom is -0.504 e. The Bertz CT molecular complexity index is 802. The number of allylic oxidation sites excluding steroid dienone is 1. The summed E-state index contributed by atoms with van der Waals surface area (Å²) in [4.78, 5) is 2.56. The number of phenols is 1. The number of nitrogens with zero attached hydrogens (tertiary/aromatic N) is 1. The van der Waals surface area contributed by atoms with Crippen LogP contribution < -0.4 is 4.74 Å². The SMILES string of the molecule is C=CCN1CC2C3C=CC(O)C4Oc5c(O)ccc6c5C24C3C1C6. The first-order valence-corrected chi connectivity index (χ1v) is 8.91. The smallest absolute Gasteiger partial charge is 0.165 e. The van der Waals surface area contributed by atoms with Gasteiger partial charge in [0.15, 0.2) is 11.5 Å². The van der Waals surface area contributed by atoms with Crippen molar-refractivity contribution in [2.24, 2.45) is 17.8 Å². The van der Waals surface area contributed by atoms with Gasteiger partial charge >= 0.3 is 0 Å². The predicted molar refractivity (Wildman–Crippen MR) is 89.1 cm³/mol. The highest BCUT2D eigenvalue weighted by Gasteiger charge is 2.77. The zero-order chi connectivity index (χ0) is 16.2. The number of aromatic hydroxyl groups is 1.